The Morgan fingerprint density at radius 2 is 1.71 bits per heavy atom. The van der Waals surface area contributed by atoms with Crippen molar-refractivity contribution in [3.63, 3.8) is 0 Å². The van der Waals surface area contributed by atoms with Crippen LogP contribution in [0.5, 0.6) is 0 Å². The molecule has 1 saturated carbocycles. The molecule has 0 radical (unpaired) electrons. The van der Waals surface area contributed by atoms with Crippen molar-refractivity contribution < 1.29 is 4.79 Å². The van der Waals surface area contributed by atoms with Gasteiger partial charge in [-0.2, -0.15) is 5.26 Å². The van der Waals surface area contributed by atoms with Gasteiger partial charge in [-0.1, -0.05) is 58.3 Å². The first-order valence-corrected chi connectivity index (χ1v) is 9.07. The molecule has 0 bridgehead atoms. The summed E-state index contributed by atoms with van der Waals surface area (Å²) >= 11 is 0. The van der Waals surface area contributed by atoms with Gasteiger partial charge in [-0.3, -0.25) is 4.79 Å². The second kappa shape index (κ2) is 10.8. The molecule has 1 aliphatic carbocycles. The Bertz CT molecular complexity index is 323. The van der Waals surface area contributed by atoms with E-state index in [0.717, 1.165) is 31.1 Å². The van der Waals surface area contributed by atoms with Crippen LogP contribution in [0.25, 0.3) is 0 Å². The molecule has 0 saturated heterocycles. The fourth-order valence-electron chi connectivity index (χ4n) is 3.42. The number of carbonyl (C=O) groups excluding carboxylic acids is 1. The number of unbranched alkanes of at least 4 members (excludes halogenated alkanes) is 2. The lowest BCUT2D eigenvalue weighted by Crippen LogP contribution is -2.15. The summed E-state index contributed by atoms with van der Waals surface area (Å²) in [6.45, 7) is 4.17. The van der Waals surface area contributed by atoms with Crippen LogP contribution in [0, 0.1) is 29.1 Å². The van der Waals surface area contributed by atoms with Crippen LogP contribution in [-0.2, 0) is 4.79 Å². The standard InChI is InChI=1S/C19H33NO/c1-3-4-5-6-17-8-10-18(11-9-17)12-14-19(21)13-7-16(2)15-20/h16-18H,3-14H2,1-2H3/t16?,17-,18-. The van der Waals surface area contributed by atoms with Gasteiger partial charge in [0.05, 0.1) is 6.07 Å². The van der Waals surface area contributed by atoms with Gasteiger partial charge in [0.2, 0.25) is 0 Å². The summed E-state index contributed by atoms with van der Waals surface area (Å²) in [7, 11) is 0. The largest absolute Gasteiger partial charge is 0.300 e. The van der Waals surface area contributed by atoms with Crippen molar-refractivity contribution in [2.24, 2.45) is 17.8 Å². The second-order valence-electron chi connectivity index (χ2n) is 7.03. The Morgan fingerprint density at radius 3 is 2.29 bits per heavy atom. The molecule has 0 aromatic heterocycles. The zero-order valence-corrected chi connectivity index (χ0v) is 14.1. The molecule has 0 aromatic rings. The van der Waals surface area contributed by atoms with Crippen LogP contribution in [0.3, 0.4) is 0 Å². The maximum absolute atomic E-state index is 11.8. The predicted octanol–water partition coefficient (Wildman–Crippen LogP) is 5.66. The summed E-state index contributed by atoms with van der Waals surface area (Å²) in [5.41, 5.74) is 0. The molecule has 2 heteroatoms. The number of nitriles is 1. The molecular weight excluding hydrogens is 258 g/mol. The third kappa shape index (κ3) is 8.24. The highest BCUT2D eigenvalue weighted by Gasteiger charge is 2.21. The summed E-state index contributed by atoms with van der Waals surface area (Å²) in [6.07, 6.45) is 14.1. The van der Waals surface area contributed by atoms with Gasteiger partial charge in [-0.05, 0) is 31.6 Å². The Hall–Kier alpha value is -0.840. The zero-order chi connectivity index (χ0) is 15.5. The molecule has 0 heterocycles. The van der Waals surface area contributed by atoms with E-state index in [4.69, 9.17) is 5.26 Å². The van der Waals surface area contributed by atoms with Crippen molar-refractivity contribution in [1.29, 1.82) is 5.26 Å². The molecule has 1 atom stereocenters. The minimum Gasteiger partial charge on any atom is -0.300 e. The topological polar surface area (TPSA) is 40.9 Å². The van der Waals surface area contributed by atoms with Crippen LogP contribution in [0.2, 0.25) is 0 Å². The minimum absolute atomic E-state index is 0.0208. The van der Waals surface area contributed by atoms with E-state index in [2.05, 4.69) is 13.0 Å². The van der Waals surface area contributed by atoms with Crippen LogP contribution < -0.4 is 0 Å². The first-order chi connectivity index (χ1) is 10.2. The van der Waals surface area contributed by atoms with Crippen molar-refractivity contribution in [3.8, 4) is 6.07 Å². The third-order valence-electron chi connectivity index (χ3n) is 5.09. The van der Waals surface area contributed by atoms with Gasteiger partial charge in [-0.25, -0.2) is 0 Å². The van der Waals surface area contributed by atoms with Crippen LogP contribution in [0.1, 0.15) is 90.9 Å². The van der Waals surface area contributed by atoms with Crippen molar-refractivity contribution in [3.05, 3.63) is 0 Å². The minimum atomic E-state index is 0.0208. The van der Waals surface area contributed by atoms with E-state index in [1.807, 2.05) is 6.92 Å². The smallest absolute Gasteiger partial charge is 0.132 e. The first kappa shape index (κ1) is 18.2. The van der Waals surface area contributed by atoms with E-state index >= 15 is 0 Å². The normalized spacial score (nSPS) is 23.5. The number of carbonyl (C=O) groups is 1. The zero-order valence-electron chi connectivity index (χ0n) is 14.1. The van der Waals surface area contributed by atoms with Crippen LogP contribution >= 0.6 is 0 Å². The highest BCUT2D eigenvalue weighted by Crippen LogP contribution is 2.34. The summed E-state index contributed by atoms with van der Waals surface area (Å²) in [5, 5.41) is 8.72. The van der Waals surface area contributed by atoms with Crippen LogP contribution in [0.15, 0.2) is 0 Å². The third-order valence-corrected chi connectivity index (χ3v) is 5.09. The summed E-state index contributed by atoms with van der Waals surface area (Å²) in [5.74, 6) is 2.12. The van der Waals surface area contributed by atoms with Crippen LogP contribution in [-0.4, -0.2) is 5.78 Å². The summed E-state index contributed by atoms with van der Waals surface area (Å²) < 4.78 is 0. The van der Waals surface area contributed by atoms with Crippen molar-refractivity contribution in [2.45, 2.75) is 90.9 Å². The van der Waals surface area contributed by atoms with E-state index in [-0.39, 0.29) is 5.92 Å². The summed E-state index contributed by atoms with van der Waals surface area (Å²) in [6, 6.07) is 2.20. The lowest BCUT2D eigenvalue weighted by Gasteiger charge is -2.28. The molecule has 1 unspecified atom stereocenters. The average molecular weight is 291 g/mol. The Balaban J connectivity index is 2.07. The fourth-order valence-corrected chi connectivity index (χ4v) is 3.42. The molecule has 1 fully saturated rings. The summed E-state index contributed by atoms with van der Waals surface area (Å²) in [4.78, 5) is 11.8. The SMILES string of the molecule is CCCCC[C@H]1CC[C@H](CCC(=O)CCC(C)C#N)CC1. The van der Waals surface area contributed by atoms with Gasteiger partial charge < -0.3 is 0 Å². The first-order valence-electron chi connectivity index (χ1n) is 9.07. The Kier molecular flexibility index (Phi) is 9.39. The van der Waals surface area contributed by atoms with Gasteiger partial charge in [0.25, 0.3) is 0 Å². The molecule has 0 aromatic carbocycles. The molecule has 1 aliphatic rings. The van der Waals surface area contributed by atoms with E-state index in [1.165, 1.54) is 51.4 Å². The van der Waals surface area contributed by atoms with Gasteiger partial charge >= 0.3 is 0 Å². The number of Topliss-reactive ketones (excluding diaryl/α,β-unsaturated/α-hetero) is 1. The van der Waals surface area contributed by atoms with Gasteiger partial charge in [-0.15, -0.1) is 0 Å². The maximum Gasteiger partial charge on any atom is 0.132 e. The molecule has 120 valence electrons. The Morgan fingerprint density at radius 1 is 1.10 bits per heavy atom. The molecule has 21 heavy (non-hydrogen) atoms. The van der Waals surface area contributed by atoms with Gasteiger partial charge in [0, 0.05) is 18.8 Å². The number of hydrogen-bond acceptors (Lipinski definition) is 2. The van der Waals surface area contributed by atoms with E-state index in [0.29, 0.717) is 12.2 Å². The average Bonchev–Trinajstić information content (AvgIpc) is 2.52. The van der Waals surface area contributed by atoms with E-state index in [1.54, 1.807) is 0 Å². The van der Waals surface area contributed by atoms with Crippen molar-refractivity contribution in [1.82, 2.24) is 0 Å². The number of rotatable bonds is 10. The van der Waals surface area contributed by atoms with Gasteiger partial charge in [0.15, 0.2) is 0 Å². The molecule has 0 N–H and O–H groups in total. The molecule has 2 nitrogen and oxygen atoms in total. The lowest BCUT2D eigenvalue weighted by molar-refractivity contribution is -0.119. The quantitative estimate of drug-likeness (QED) is 0.487. The molecule has 0 aliphatic heterocycles. The van der Waals surface area contributed by atoms with E-state index in [9.17, 15) is 4.79 Å². The predicted molar refractivity (Wildman–Crippen MR) is 87.8 cm³/mol. The molecular formula is C19H33NO. The van der Waals surface area contributed by atoms with Crippen LogP contribution in [0.4, 0.5) is 0 Å². The highest BCUT2D eigenvalue weighted by atomic mass is 16.1. The fraction of sp³-hybridized carbons (Fsp3) is 0.895. The number of ketones is 1. The van der Waals surface area contributed by atoms with Gasteiger partial charge in [0.1, 0.15) is 5.78 Å². The number of nitrogens with zero attached hydrogens (tertiary/aromatic N) is 1. The van der Waals surface area contributed by atoms with Crippen molar-refractivity contribution >= 4 is 5.78 Å². The van der Waals surface area contributed by atoms with Crippen molar-refractivity contribution in [2.75, 3.05) is 0 Å². The highest BCUT2D eigenvalue weighted by molar-refractivity contribution is 5.78. The van der Waals surface area contributed by atoms with E-state index < -0.39 is 0 Å². The second-order valence-corrected chi connectivity index (χ2v) is 7.03. The monoisotopic (exact) mass is 291 g/mol. The lowest BCUT2D eigenvalue weighted by atomic mass is 9.78. The maximum atomic E-state index is 11.8. The molecule has 0 spiro atoms. The Labute approximate surface area is 131 Å². The number of hydrogen-bond donors (Lipinski definition) is 0. The molecule has 0 amide bonds. The molecule has 1 rings (SSSR count).